The summed E-state index contributed by atoms with van der Waals surface area (Å²) >= 11 is 22.3. The minimum absolute atomic E-state index is 0.593. The van der Waals surface area contributed by atoms with Crippen LogP contribution in [-0.4, -0.2) is 14.8 Å². The van der Waals surface area contributed by atoms with Gasteiger partial charge in [0.15, 0.2) is 0 Å². The maximum atomic E-state index is 5.82. The average molecular weight is 455 g/mol. The van der Waals surface area contributed by atoms with E-state index >= 15 is 0 Å². The van der Waals surface area contributed by atoms with E-state index in [9.17, 15) is 0 Å². The minimum atomic E-state index is -1.10. The van der Waals surface area contributed by atoms with Gasteiger partial charge in [0.2, 0.25) is 0 Å². The molecular weight excluding hydrogens is 447 g/mol. The van der Waals surface area contributed by atoms with Gasteiger partial charge in [-0.15, -0.1) is 0 Å². The van der Waals surface area contributed by atoms with Gasteiger partial charge >= 0.3 is 104 Å². The van der Waals surface area contributed by atoms with Gasteiger partial charge in [-0.05, 0) is 0 Å². The first kappa shape index (κ1) is 13.5. The normalized spacial score (nSPS) is 16.7. The first-order valence-electron chi connectivity index (χ1n) is 3.30. The number of halogens is 4. The molecule has 0 aliphatic carbocycles. The molecule has 11 heavy (non-hydrogen) atoms. The summed E-state index contributed by atoms with van der Waals surface area (Å²) in [7, 11) is -2.20. The third kappa shape index (κ3) is 6.58. The molecule has 0 saturated heterocycles. The summed E-state index contributed by atoms with van der Waals surface area (Å²) in [4.78, 5) is 0. The zero-order chi connectivity index (χ0) is 9.02. The molecule has 0 aromatic heterocycles. The second kappa shape index (κ2) is 6.91. The van der Waals surface area contributed by atoms with Crippen molar-refractivity contribution < 1.29 is 24.6 Å². The van der Waals surface area contributed by atoms with E-state index < -0.39 is 39.4 Å². The molecule has 0 heterocycles. The van der Waals surface area contributed by atoms with E-state index in [4.69, 9.17) is 44.3 Å². The van der Waals surface area contributed by atoms with E-state index in [1.165, 1.54) is 0 Å². The Morgan fingerprint density at radius 3 is 1.36 bits per heavy atom. The summed E-state index contributed by atoms with van der Waals surface area (Å²) in [5.74, 6) is 0. The van der Waals surface area contributed by atoms with Crippen LogP contribution in [0.5, 0.6) is 0 Å². The Kier molecular flexibility index (Phi) is 8.49. The summed E-state index contributed by atoms with van der Waals surface area (Å²) in [6, 6.07) is 0. The van der Waals surface area contributed by atoms with Gasteiger partial charge in [0.05, 0.1) is 0 Å². The first-order chi connectivity index (χ1) is 4.95. The Hall–Kier alpha value is 2.53. The molecular formula is C4H8Cl4HgSi2. The zero-order valence-electron chi connectivity index (χ0n) is 6.37. The second-order valence-corrected chi connectivity index (χ2v) is 29.5. The monoisotopic (exact) mass is 454 g/mol. The Morgan fingerprint density at radius 2 is 1.18 bits per heavy atom. The summed E-state index contributed by atoms with van der Waals surface area (Å²) in [6.45, 7) is 4.29. The molecule has 0 rings (SSSR count). The van der Waals surface area contributed by atoms with E-state index in [-0.39, 0.29) is 0 Å². The fraction of sp³-hybridized carbons (Fsp3) is 1.00. The number of hydrogen-bond acceptors (Lipinski definition) is 0. The fourth-order valence-corrected chi connectivity index (χ4v) is 27.0. The molecule has 0 spiro atoms. The van der Waals surface area contributed by atoms with Crippen molar-refractivity contribution in [2.45, 2.75) is 19.9 Å². The van der Waals surface area contributed by atoms with Gasteiger partial charge in [-0.2, -0.15) is 0 Å². The predicted molar refractivity (Wildman–Crippen MR) is 53.8 cm³/mol. The van der Waals surface area contributed by atoms with Crippen LogP contribution in [0.3, 0.4) is 0 Å². The first-order valence-corrected chi connectivity index (χ1v) is 16.9. The molecule has 0 aromatic rings. The van der Waals surface area contributed by atoms with Gasteiger partial charge in [-0.1, -0.05) is 0 Å². The average Bonchev–Trinajstić information content (AvgIpc) is 1.87. The van der Waals surface area contributed by atoms with Crippen LogP contribution >= 0.6 is 44.3 Å². The molecule has 0 N–H and O–H groups in total. The van der Waals surface area contributed by atoms with E-state index in [1.807, 2.05) is 0 Å². The van der Waals surface area contributed by atoms with Crippen LogP contribution in [0.4, 0.5) is 0 Å². The van der Waals surface area contributed by atoms with Gasteiger partial charge in [0.25, 0.3) is 0 Å². The second-order valence-electron chi connectivity index (χ2n) is 2.62. The van der Waals surface area contributed by atoms with Crippen molar-refractivity contribution in [1.29, 1.82) is 0 Å². The van der Waals surface area contributed by atoms with Gasteiger partial charge in [0.1, 0.15) is 0 Å². The summed E-state index contributed by atoms with van der Waals surface area (Å²) in [6.07, 6.45) is 0. The van der Waals surface area contributed by atoms with Gasteiger partial charge < -0.3 is 0 Å². The van der Waals surface area contributed by atoms with Crippen molar-refractivity contribution in [2.24, 2.45) is 0 Å². The summed E-state index contributed by atoms with van der Waals surface area (Å²) in [5.41, 5.74) is 0. The molecule has 7 heteroatoms. The molecule has 0 nitrogen and oxygen atoms in total. The maximum absolute atomic E-state index is 5.82. The van der Waals surface area contributed by atoms with Gasteiger partial charge in [-0.25, -0.2) is 0 Å². The van der Waals surface area contributed by atoms with Crippen molar-refractivity contribution in [1.82, 2.24) is 0 Å². The van der Waals surface area contributed by atoms with E-state index in [0.29, 0.717) is 6.10 Å². The van der Waals surface area contributed by atoms with Gasteiger partial charge in [-0.3, -0.25) is 0 Å². The SMILES string of the molecule is C[CH]([Hg][CH](C)[Si](Cl)Cl)[Si](Cl)Cl. The fourth-order valence-electron chi connectivity index (χ4n) is 0.709. The van der Waals surface area contributed by atoms with E-state index in [2.05, 4.69) is 13.8 Å². The van der Waals surface area contributed by atoms with E-state index in [0.717, 1.165) is 0 Å². The molecule has 0 amide bonds. The standard InChI is InChI=1S/2C2H4Cl2Si.Hg/c2*1-2-5(3)4;/h2*2H,1H3;. The van der Waals surface area contributed by atoms with Gasteiger partial charge in [0, 0.05) is 0 Å². The third-order valence-corrected chi connectivity index (χ3v) is 38.6. The van der Waals surface area contributed by atoms with Crippen molar-refractivity contribution in [3.63, 3.8) is 0 Å². The molecule has 62 valence electrons. The Balaban J connectivity index is 3.66. The van der Waals surface area contributed by atoms with Crippen LogP contribution in [-0.2, 0) is 24.6 Å². The molecule has 0 bridgehead atoms. The van der Waals surface area contributed by atoms with Crippen LogP contribution in [0, 0.1) is 0 Å². The quantitative estimate of drug-likeness (QED) is 0.449. The zero-order valence-corrected chi connectivity index (χ0v) is 16.9. The Morgan fingerprint density at radius 1 is 0.909 bits per heavy atom. The number of rotatable bonds is 4. The molecule has 0 aliphatic rings. The molecule has 2 unspecified atom stereocenters. The topological polar surface area (TPSA) is 0 Å². The van der Waals surface area contributed by atoms with Crippen LogP contribution < -0.4 is 0 Å². The van der Waals surface area contributed by atoms with Crippen molar-refractivity contribution in [3.05, 3.63) is 0 Å². The van der Waals surface area contributed by atoms with Crippen LogP contribution in [0.2, 0.25) is 6.10 Å². The van der Waals surface area contributed by atoms with Crippen LogP contribution in [0.1, 0.15) is 13.8 Å². The summed E-state index contributed by atoms with van der Waals surface area (Å²) < 4.78 is 1.19. The van der Waals surface area contributed by atoms with E-state index in [1.54, 1.807) is 0 Å². The van der Waals surface area contributed by atoms with Crippen LogP contribution in [0.15, 0.2) is 0 Å². The molecule has 0 aliphatic heterocycles. The Labute approximate surface area is 102 Å². The predicted octanol–water partition coefficient (Wildman–Crippen LogP) is 3.70. The molecule has 0 aromatic carbocycles. The molecule has 2 radical (unpaired) electrons. The van der Waals surface area contributed by atoms with Crippen molar-refractivity contribution in [2.75, 3.05) is 0 Å². The van der Waals surface area contributed by atoms with Crippen LogP contribution in [0.25, 0.3) is 0 Å². The molecule has 0 saturated carbocycles. The summed E-state index contributed by atoms with van der Waals surface area (Å²) in [5, 5.41) is 0. The third-order valence-electron chi connectivity index (χ3n) is 1.45. The molecule has 2 atom stereocenters. The number of hydrogen-bond donors (Lipinski definition) is 0. The van der Waals surface area contributed by atoms with Crippen molar-refractivity contribution >= 4 is 59.1 Å². The molecule has 0 fully saturated rings. The Bertz CT molecular complexity index is 100. The van der Waals surface area contributed by atoms with Crippen molar-refractivity contribution in [3.8, 4) is 0 Å².